The van der Waals surface area contributed by atoms with Gasteiger partial charge in [0.2, 0.25) is 0 Å². The number of morpholine rings is 1. The Hall–Kier alpha value is -0.650. The zero-order chi connectivity index (χ0) is 14.9. The minimum atomic E-state index is 0.133. The number of nitrogens with zero attached hydrogens (tertiary/aromatic N) is 2. The summed E-state index contributed by atoms with van der Waals surface area (Å²) in [7, 11) is 0. The lowest BCUT2D eigenvalue weighted by Gasteiger charge is -2.35. The summed E-state index contributed by atoms with van der Waals surface area (Å²) in [5.74, 6) is 0. The number of rotatable bonds is 3. The average molecular weight is 297 g/mol. The summed E-state index contributed by atoms with van der Waals surface area (Å²) in [5, 5.41) is 8.11. The van der Waals surface area contributed by atoms with Crippen molar-refractivity contribution in [2.24, 2.45) is 0 Å². The second-order valence-electron chi connectivity index (χ2n) is 6.86. The second kappa shape index (κ2) is 6.00. The summed E-state index contributed by atoms with van der Waals surface area (Å²) in [5.41, 5.74) is 0.133. The topological polar surface area (TPSA) is 41.2 Å². The minimum Gasteiger partial charge on any atom is -0.373 e. The molecule has 0 aliphatic carbocycles. The summed E-state index contributed by atoms with van der Waals surface area (Å²) in [6.07, 6.45) is 2.78. The van der Waals surface area contributed by atoms with Crippen molar-refractivity contribution in [3.63, 3.8) is 0 Å². The number of ether oxygens (including phenoxy) is 1. The van der Waals surface area contributed by atoms with Gasteiger partial charge in [-0.05, 0) is 19.3 Å². The van der Waals surface area contributed by atoms with E-state index in [1.54, 1.807) is 11.3 Å². The fourth-order valence-electron chi connectivity index (χ4n) is 2.62. The Bertz CT molecular complexity index is 490. The SMILES string of the molecule is C[C@@H]1CN(CCn2cc(C(C)(C)C)sc2=N)C[C@H](C)O1. The van der Waals surface area contributed by atoms with Crippen molar-refractivity contribution in [3.05, 3.63) is 15.9 Å². The van der Waals surface area contributed by atoms with E-state index in [2.05, 4.69) is 50.3 Å². The zero-order valence-corrected chi connectivity index (χ0v) is 14.1. The molecule has 1 aliphatic heterocycles. The fourth-order valence-corrected chi connectivity index (χ4v) is 3.57. The highest BCUT2D eigenvalue weighted by Gasteiger charge is 2.22. The van der Waals surface area contributed by atoms with Crippen molar-refractivity contribution in [1.29, 1.82) is 5.41 Å². The Labute approximate surface area is 125 Å². The molecule has 1 aromatic heterocycles. The molecule has 0 saturated carbocycles. The first-order chi connectivity index (χ1) is 9.25. The molecule has 1 N–H and O–H groups in total. The summed E-state index contributed by atoms with van der Waals surface area (Å²) >= 11 is 1.60. The van der Waals surface area contributed by atoms with Crippen LogP contribution in [-0.2, 0) is 16.7 Å². The Balaban J connectivity index is 1.97. The zero-order valence-electron chi connectivity index (χ0n) is 13.3. The lowest BCUT2D eigenvalue weighted by atomic mass is 9.95. The van der Waals surface area contributed by atoms with E-state index < -0.39 is 0 Å². The molecule has 0 radical (unpaired) electrons. The van der Waals surface area contributed by atoms with Crippen LogP contribution in [-0.4, -0.2) is 41.3 Å². The highest BCUT2D eigenvalue weighted by molar-refractivity contribution is 7.09. The van der Waals surface area contributed by atoms with Gasteiger partial charge < -0.3 is 9.30 Å². The van der Waals surface area contributed by atoms with Crippen LogP contribution in [0.5, 0.6) is 0 Å². The van der Waals surface area contributed by atoms with E-state index in [1.165, 1.54) is 4.88 Å². The lowest BCUT2D eigenvalue weighted by molar-refractivity contribution is -0.0686. The minimum absolute atomic E-state index is 0.133. The third-order valence-electron chi connectivity index (χ3n) is 3.63. The first kappa shape index (κ1) is 15.7. The molecule has 0 aromatic carbocycles. The van der Waals surface area contributed by atoms with Crippen LogP contribution in [0.3, 0.4) is 0 Å². The van der Waals surface area contributed by atoms with Gasteiger partial charge in [0.05, 0.1) is 12.2 Å². The molecule has 1 aliphatic rings. The van der Waals surface area contributed by atoms with Gasteiger partial charge in [-0.1, -0.05) is 20.8 Å². The van der Waals surface area contributed by atoms with Crippen LogP contribution in [0.25, 0.3) is 0 Å². The van der Waals surface area contributed by atoms with Crippen molar-refractivity contribution in [2.45, 2.75) is 58.8 Å². The standard InChI is InChI=1S/C15H27N3OS/c1-11-8-17(9-12(2)19-11)6-7-18-10-13(15(3,4)5)20-14(18)16/h10-12,16H,6-9H2,1-5H3/t11-,12+. The maximum atomic E-state index is 8.11. The predicted octanol–water partition coefficient (Wildman–Crippen LogP) is 2.44. The number of nitrogens with one attached hydrogen (secondary N) is 1. The second-order valence-corrected chi connectivity index (χ2v) is 7.89. The smallest absolute Gasteiger partial charge is 0.182 e. The number of hydrogen-bond donors (Lipinski definition) is 1. The van der Waals surface area contributed by atoms with Crippen molar-refractivity contribution < 1.29 is 4.74 Å². The fraction of sp³-hybridized carbons (Fsp3) is 0.800. The van der Waals surface area contributed by atoms with Gasteiger partial charge in [-0.15, -0.1) is 11.3 Å². The van der Waals surface area contributed by atoms with Crippen molar-refractivity contribution in [3.8, 4) is 0 Å². The molecule has 1 aromatic rings. The molecular formula is C15H27N3OS. The molecule has 20 heavy (non-hydrogen) atoms. The molecule has 1 saturated heterocycles. The molecule has 114 valence electrons. The molecule has 0 bridgehead atoms. The van der Waals surface area contributed by atoms with Gasteiger partial charge in [0.15, 0.2) is 4.80 Å². The van der Waals surface area contributed by atoms with E-state index in [0.29, 0.717) is 17.0 Å². The number of aromatic nitrogens is 1. The van der Waals surface area contributed by atoms with Crippen LogP contribution in [0, 0.1) is 5.41 Å². The van der Waals surface area contributed by atoms with Gasteiger partial charge >= 0.3 is 0 Å². The summed E-state index contributed by atoms with van der Waals surface area (Å²) < 4.78 is 7.84. The Morgan fingerprint density at radius 2 is 1.85 bits per heavy atom. The van der Waals surface area contributed by atoms with Gasteiger partial charge in [0.1, 0.15) is 0 Å². The van der Waals surface area contributed by atoms with Crippen LogP contribution in [0.1, 0.15) is 39.5 Å². The third kappa shape index (κ3) is 3.93. The molecule has 2 rings (SSSR count). The largest absolute Gasteiger partial charge is 0.373 e. The quantitative estimate of drug-likeness (QED) is 0.931. The normalized spacial score (nSPS) is 25.1. The van der Waals surface area contributed by atoms with E-state index in [9.17, 15) is 0 Å². The molecule has 2 heterocycles. The van der Waals surface area contributed by atoms with E-state index in [-0.39, 0.29) is 5.41 Å². The van der Waals surface area contributed by atoms with Crippen LogP contribution in [0.2, 0.25) is 0 Å². The molecule has 0 spiro atoms. The van der Waals surface area contributed by atoms with Gasteiger partial charge in [-0.25, -0.2) is 0 Å². The van der Waals surface area contributed by atoms with Gasteiger partial charge in [0.25, 0.3) is 0 Å². The van der Waals surface area contributed by atoms with Crippen LogP contribution in [0.4, 0.5) is 0 Å². The molecule has 0 unspecified atom stereocenters. The van der Waals surface area contributed by atoms with Crippen molar-refractivity contribution in [2.75, 3.05) is 19.6 Å². The molecule has 1 fully saturated rings. The monoisotopic (exact) mass is 297 g/mol. The van der Waals surface area contributed by atoms with E-state index in [1.807, 2.05) is 0 Å². The maximum Gasteiger partial charge on any atom is 0.182 e. The number of thiazole rings is 1. The molecule has 2 atom stereocenters. The maximum absolute atomic E-state index is 8.11. The predicted molar refractivity (Wildman–Crippen MR) is 83.3 cm³/mol. The summed E-state index contributed by atoms with van der Waals surface area (Å²) in [6, 6.07) is 0. The first-order valence-corrected chi connectivity index (χ1v) is 8.20. The van der Waals surface area contributed by atoms with E-state index in [0.717, 1.165) is 26.2 Å². The Morgan fingerprint density at radius 3 is 2.35 bits per heavy atom. The van der Waals surface area contributed by atoms with Crippen LogP contribution >= 0.6 is 11.3 Å². The number of hydrogen-bond acceptors (Lipinski definition) is 4. The van der Waals surface area contributed by atoms with Crippen molar-refractivity contribution >= 4 is 11.3 Å². The first-order valence-electron chi connectivity index (χ1n) is 7.39. The molecule has 5 heteroatoms. The molecule has 0 amide bonds. The van der Waals surface area contributed by atoms with E-state index in [4.69, 9.17) is 10.1 Å². The Kier molecular flexibility index (Phi) is 4.72. The van der Waals surface area contributed by atoms with Gasteiger partial charge in [0, 0.05) is 37.3 Å². The Morgan fingerprint density at radius 1 is 1.25 bits per heavy atom. The van der Waals surface area contributed by atoms with E-state index >= 15 is 0 Å². The lowest BCUT2D eigenvalue weighted by Crippen LogP contribution is -2.46. The summed E-state index contributed by atoms with van der Waals surface area (Å²) in [6.45, 7) is 14.8. The van der Waals surface area contributed by atoms with Gasteiger partial charge in [-0.2, -0.15) is 0 Å². The summed E-state index contributed by atoms with van der Waals surface area (Å²) in [4.78, 5) is 4.38. The van der Waals surface area contributed by atoms with Crippen molar-refractivity contribution in [1.82, 2.24) is 9.47 Å². The van der Waals surface area contributed by atoms with Crippen LogP contribution < -0.4 is 4.80 Å². The highest BCUT2D eigenvalue weighted by Crippen LogP contribution is 2.24. The average Bonchev–Trinajstić information content (AvgIpc) is 2.66. The van der Waals surface area contributed by atoms with Crippen LogP contribution in [0.15, 0.2) is 6.20 Å². The molecule has 4 nitrogen and oxygen atoms in total. The third-order valence-corrected chi connectivity index (χ3v) is 5.00. The highest BCUT2D eigenvalue weighted by atomic mass is 32.1. The van der Waals surface area contributed by atoms with Gasteiger partial charge in [-0.3, -0.25) is 10.3 Å². The molecular weight excluding hydrogens is 270 g/mol.